The van der Waals surface area contributed by atoms with Crippen LogP contribution in [0.25, 0.3) is 0 Å². The van der Waals surface area contributed by atoms with E-state index in [9.17, 15) is 4.79 Å². The Morgan fingerprint density at radius 2 is 1.84 bits per heavy atom. The van der Waals surface area contributed by atoms with Crippen LogP contribution in [-0.2, 0) is 9.53 Å². The maximum absolute atomic E-state index is 12.7. The van der Waals surface area contributed by atoms with E-state index in [1.165, 1.54) is 32.1 Å². The molecule has 4 heteroatoms. The van der Waals surface area contributed by atoms with Gasteiger partial charge in [-0.1, -0.05) is 32.1 Å². The minimum absolute atomic E-state index is 0.00960. The number of rotatable bonds is 2. The molecule has 0 N–H and O–H groups in total. The van der Waals surface area contributed by atoms with Crippen molar-refractivity contribution in [1.29, 1.82) is 0 Å². The molecule has 1 aliphatic carbocycles. The van der Waals surface area contributed by atoms with Gasteiger partial charge in [-0.05, 0) is 19.8 Å². The average Bonchev–Trinajstić information content (AvgIpc) is 2.38. The molecule has 2 atom stereocenters. The summed E-state index contributed by atoms with van der Waals surface area (Å²) in [5, 5.41) is 0. The van der Waals surface area contributed by atoms with Crippen LogP contribution in [0.5, 0.6) is 0 Å². The van der Waals surface area contributed by atoms with Crippen LogP contribution in [0.1, 0.15) is 51.9 Å². The minimum Gasteiger partial charge on any atom is -0.373 e. The Morgan fingerprint density at radius 3 is 2.47 bits per heavy atom. The lowest BCUT2D eigenvalue weighted by Gasteiger charge is -2.39. The molecule has 3 nitrogen and oxygen atoms in total. The number of nitrogens with zero attached hydrogens (tertiary/aromatic N) is 1. The van der Waals surface area contributed by atoms with Crippen molar-refractivity contribution in [2.45, 2.75) is 64.0 Å². The summed E-state index contributed by atoms with van der Waals surface area (Å²) in [5.41, 5.74) is 0. The van der Waals surface area contributed by atoms with E-state index in [1.807, 2.05) is 4.90 Å². The number of ether oxygens (including phenoxy) is 1. The zero-order valence-corrected chi connectivity index (χ0v) is 12.7. The third kappa shape index (κ3) is 4.09. The summed E-state index contributed by atoms with van der Waals surface area (Å²) in [5.74, 6) is 1.05. The summed E-state index contributed by atoms with van der Waals surface area (Å²) in [6, 6.07) is 0.192. The summed E-state index contributed by atoms with van der Waals surface area (Å²) in [7, 11) is 0. The van der Waals surface area contributed by atoms with Gasteiger partial charge in [-0.2, -0.15) is 0 Å². The van der Waals surface area contributed by atoms with Gasteiger partial charge in [-0.3, -0.25) is 4.79 Å². The van der Waals surface area contributed by atoms with Gasteiger partial charge in [0.05, 0.1) is 24.6 Å². The highest BCUT2D eigenvalue weighted by molar-refractivity contribution is 6.18. The molecular weight excluding hydrogens is 262 g/mol. The Kier molecular flexibility index (Phi) is 5.96. The topological polar surface area (TPSA) is 29.5 Å². The number of hydrogen-bond acceptors (Lipinski definition) is 2. The van der Waals surface area contributed by atoms with Gasteiger partial charge in [0.2, 0.25) is 5.91 Å². The summed E-state index contributed by atoms with van der Waals surface area (Å²) >= 11 is 5.87. The fourth-order valence-corrected chi connectivity index (χ4v) is 3.34. The van der Waals surface area contributed by atoms with Crippen molar-refractivity contribution in [3.63, 3.8) is 0 Å². The van der Waals surface area contributed by atoms with E-state index in [0.29, 0.717) is 24.9 Å². The molecule has 0 radical (unpaired) electrons. The number of carbonyl (C=O) groups excluding carboxylic acids is 1. The maximum Gasteiger partial charge on any atom is 0.226 e. The second kappa shape index (κ2) is 7.49. The largest absolute Gasteiger partial charge is 0.373 e. The number of halogens is 1. The highest BCUT2D eigenvalue weighted by atomic mass is 35.5. The van der Waals surface area contributed by atoms with Crippen LogP contribution >= 0.6 is 11.6 Å². The number of amides is 1. The molecule has 1 saturated carbocycles. The van der Waals surface area contributed by atoms with Crippen LogP contribution in [0.3, 0.4) is 0 Å². The van der Waals surface area contributed by atoms with E-state index >= 15 is 0 Å². The molecule has 2 fully saturated rings. The van der Waals surface area contributed by atoms with E-state index in [-0.39, 0.29) is 18.1 Å². The minimum atomic E-state index is 0.00960. The third-order valence-electron chi connectivity index (χ3n) is 4.42. The SMILES string of the molecule is CC1COC(CCl)CN1C(=O)C1CCCCCCC1. The van der Waals surface area contributed by atoms with Crippen molar-refractivity contribution in [3.05, 3.63) is 0 Å². The lowest BCUT2D eigenvalue weighted by molar-refractivity contribution is -0.148. The van der Waals surface area contributed by atoms with Crippen molar-refractivity contribution < 1.29 is 9.53 Å². The van der Waals surface area contributed by atoms with Crippen molar-refractivity contribution in [3.8, 4) is 0 Å². The molecule has 2 unspecified atom stereocenters. The molecule has 0 spiro atoms. The Balaban J connectivity index is 1.95. The molecule has 0 aromatic heterocycles. The monoisotopic (exact) mass is 287 g/mol. The second-order valence-electron chi connectivity index (χ2n) is 5.99. The summed E-state index contributed by atoms with van der Waals surface area (Å²) < 4.78 is 5.63. The van der Waals surface area contributed by atoms with E-state index in [2.05, 4.69) is 6.92 Å². The van der Waals surface area contributed by atoms with Crippen molar-refractivity contribution in [1.82, 2.24) is 4.90 Å². The molecule has 0 aromatic carbocycles. The van der Waals surface area contributed by atoms with E-state index in [0.717, 1.165) is 12.8 Å². The first-order valence-electron chi connectivity index (χ1n) is 7.70. The predicted octanol–water partition coefficient (Wildman–Crippen LogP) is 3.20. The molecule has 2 rings (SSSR count). The highest BCUT2D eigenvalue weighted by Gasteiger charge is 2.32. The molecule has 0 aromatic rings. The number of carbonyl (C=O) groups is 1. The van der Waals surface area contributed by atoms with Gasteiger partial charge in [0.15, 0.2) is 0 Å². The van der Waals surface area contributed by atoms with E-state index in [1.54, 1.807) is 0 Å². The van der Waals surface area contributed by atoms with Crippen molar-refractivity contribution >= 4 is 17.5 Å². The first-order chi connectivity index (χ1) is 9.22. The van der Waals surface area contributed by atoms with Gasteiger partial charge in [0.25, 0.3) is 0 Å². The van der Waals surface area contributed by atoms with Gasteiger partial charge >= 0.3 is 0 Å². The standard InChI is InChI=1S/C15H26ClNO2/c1-12-11-19-14(9-16)10-17(12)15(18)13-7-5-3-2-4-6-8-13/h12-14H,2-11H2,1H3. The predicted molar refractivity (Wildman–Crippen MR) is 77.4 cm³/mol. The summed E-state index contributed by atoms with van der Waals surface area (Å²) in [4.78, 5) is 14.7. The summed E-state index contributed by atoms with van der Waals surface area (Å²) in [6.07, 6.45) is 8.45. The number of hydrogen-bond donors (Lipinski definition) is 0. The molecule has 1 aliphatic heterocycles. The lowest BCUT2D eigenvalue weighted by atomic mass is 9.89. The maximum atomic E-state index is 12.7. The highest BCUT2D eigenvalue weighted by Crippen LogP contribution is 2.26. The van der Waals surface area contributed by atoms with Crippen LogP contribution in [-0.4, -0.2) is 42.0 Å². The zero-order chi connectivity index (χ0) is 13.7. The van der Waals surface area contributed by atoms with Gasteiger partial charge in [-0.15, -0.1) is 11.6 Å². The molecule has 2 aliphatic rings. The first kappa shape index (κ1) is 15.1. The van der Waals surface area contributed by atoms with Gasteiger partial charge in [0.1, 0.15) is 0 Å². The fraction of sp³-hybridized carbons (Fsp3) is 0.933. The van der Waals surface area contributed by atoms with Gasteiger partial charge in [-0.25, -0.2) is 0 Å². The molecule has 1 amide bonds. The van der Waals surface area contributed by atoms with Crippen molar-refractivity contribution in [2.75, 3.05) is 19.0 Å². The Morgan fingerprint density at radius 1 is 1.21 bits per heavy atom. The first-order valence-corrected chi connectivity index (χ1v) is 8.24. The van der Waals surface area contributed by atoms with Gasteiger partial charge < -0.3 is 9.64 Å². The number of morpholine rings is 1. The summed E-state index contributed by atoms with van der Waals surface area (Å²) in [6.45, 7) is 3.36. The number of alkyl halides is 1. The van der Waals surface area contributed by atoms with Crippen molar-refractivity contribution in [2.24, 2.45) is 5.92 Å². The van der Waals surface area contributed by atoms with Crippen LogP contribution in [0.4, 0.5) is 0 Å². The molecule has 1 saturated heterocycles. The molecular formula is C15H26ClNO2. The normalized spacial score (nSPS) is 30.7. The van der Waals surface area contributed by atoms with Crippen LogP contribution in [0.15, 0.2) is 0 Å². The van der Waals surface area contributed by atoms with Gasteiger partial charge in [0, 0.05) is 12.5 Å². The zero-order valence-electron chi connectivity index (χ0n) is 11.9. The third-order valence-corrected chi connectivity index (χ3v) is 4.76. The average molecular weight is 288 g/mol. The Labute approximate surface area is 121 Å². The fourth-order valence-electron chi connectivity index (χ4n) is 3.16. The van der Waals surface area contributed by atoms with E-state index in [4.69, 9.17) is 16.3 Å². The molecule has 0 bridgehead atoms. The smallest absolute Gasteiger partial charge is 0.226 e. The van der Waals surface area contributed by atoms with Crippen LogP contribution < -0.4 is 0 Å². The Hall–Kier alpha value is -0.280. The molecule has 110 valence electrons. The molecule has 19 heavy (non-hydrogen) atoms. The molecule has 1 heterocycles. The lowest BCUT2D eigenvalue weighted by Crippen LogP contribution is -2.53. The second-order valence-corrected chi connectivity index (χ2v) is 6.30. The van der Waals surface area contributed by atoms with Crippen LogP contribution in [0.2, 0.25) is 0 Å². The van der Waals surface area contributed by atoms with Crippen LogP contribution in [0, 0.1) is 5.92 Å². The Bertz CT molecular complexity index is 290. The quantitative estimate of drug-likeness (QED) is 0.730. The van der Waals surface area contributed by atoms with E-state index < -0.39 is 0 Å².